The topological polar surface area (TPSA) is 41.3 Å². The largest absolute Gasteiger partial charge is 0.323 e. The molecule has 0 bridgehead atoms. The van der Waals surface area contributed by atoms with E-state index in [1.54, 1.807) is 11.3 Å². The Morgan fingerprint density at radius 3 is 3.27 bits per heavy atom. The average Bonchev–Trinajstić information content (AvgIpc) is 2.74. The van der Waals surface area contributed by atoms with E-state index in [0.717, 1.165) is 26.1 Å². The monoisotopic (exact) mass is 225 g/mol. The van der Waals surface area contributed by atoms with Crippen LogP contribution in [0, 0.1) is 0 Å². The van der Waals surface area contributed by atoms with E-state index in [1.165, 1.54) is 4.88 Å². The summed E-state index contributed by atoms with van der Waals surface area (Å²) in [5.41, 5.74) is 6.19. The van der Waals surface area contributed by atoms with E-state index in [9.17, 15) is 0 Å². The SMILES string of the molecule is CN1CCNCC1CC(N)c1cccs1. The van der Waals surface area contributed by atoms with Gasteiger partial charge >= 0.3 is 0 Å². The summed E-state index contributed by atoms with van der Waals surface area (Å²) in [5, 5.41) is 5.52. The average molecular weight is 225 g/mol. The Labute approximate surface area is 95.3 Å². The Bertz CT molecular complexity index is 286. The fourth-order valence-corrected chi connectivity index (χ4v) is 2.78. The molecular formula is C11H19N3S. The molecule has 84 valence electrons. The maximum atomic E-state index is 6.19. The highest BCUT2D eigenvalue weighted by molar-refractivity contribution is 7.10. The molecule has 2 heterocycles. The van der Waals surface area contributed by atoms with Crippen molar-refractivity contribution in [3.63, 3.8) is 0 Å². The van der Waals surface area contributed by atoms with Gasteiger partial charge in [0, 0.05) is 36.6 Å². The molecule has 2 unspecified atom stereocenters. The molecule has 15 heavy (non-hydrogen) atoms. The number of nitrogens with two attached hydrogens (primary N) is 1. The molecule has 1 aliphatic heterocycles. The molecule has 0 radical (unpaired) electrons. The molecule has 0 aliphatic carbocycles. The zero-order valence-corrected chi connectivity index (χ0v) is 9.96. The Kier molecular flexibility index (Phi) is 3.75. The van der Waals surface area contributed by atoms with Gasteiger partial charge in [0.05, 0.1) is 0 Å². The molecular weight excluding hydrogens is 206 g/mol. The number of likely N-dealkylation sites (N-methyl/N-ethyl adjacent to an activating group) is 1. The predicted molar refractivity (Wildman–Crippen MR) is 65.2 cm³/mol. The summed E-state index contributed by atoms with van der Waals surface area (Å²) in [6.07, 6.45) is 1.05. The first-order chi connectivity index (χ1) is 7.27. The van der Waals surface area contributed by atoms with E-state index in [0.29, 0.717) is 6.04 Å². The van der Waals surface area contributed by atoms with Crippen molar-refractivity contribution in [3.05, 3.63) is 22.4 Å². The molecule has 1 saturated heterocycles. The molecule has 3 N–H and O–H groups in total. The number of nitrogens with one attached hydrogen (secondary N) is 1. The van der Waals surface area contributed by atoms with Crippen LogP contribution in [0.4, 0.5) is 0 Å². The second kappa shape index (κ2) is 5.07. The zero-order valence-electron chi connectivity index (χ0n) is 9.15. The minimum absolute atomic E-state index is 0.192. The molecule has 2 rings (SSSR count). The Hall–Kier alpha value is -0.420. The lowest BCUT2D eigenvalue weighted by atomic mass is 10.0. The quantitative estimate of drug-likeness (QED) is 0.807. The van der Waals surface area contributed by atoms with Gasteiger partial charge in [-0.1, -0.05) is 6.07 Å². The first-order valence-electron chi connectivity index (χ1n) is 5.47. The van der Waals surface area contributed by atoms with Gasteiger partial charge < -0.3 is 16.0 Å². The zero-order chi connectivity index (χ0) is 10.7. The van der Waals surface area contributed by atoms with Gasteiger partial charge in [-0.3, -0.25) is 0 Å². The third-order valence-electron chi connectivity index (χ3n) is 3.08. The van der Waals surface area contributed by atoms with Crippen LogP contribution in [-0.2, 0) is 0 Å². The molecule has 1 aromatic rings. The molecule has 2 atom stereocenters. The van der Waals surface area contributed by atoms with Gasteiger partial charge in [-0.2, -0.15) is 0 Å². The number of rotatable bonds is 3. The number of thiophene rings is 1. The molecule has 1 aliphatic rings. The van der Waals surface area contributed by atoms with Crippen LogP contribution >= 0.6 is 11.3 Å². The smallest absolute Gasteiger partial charge is 0.0405 e. The van der Waals surface area contributed by atoms with Gasteiger partial charge in [-0.25, -0.2) is 0 Å². The van der Waals surface area contributed by atoms with Gasteiger partial charge in [0.2, 0.25) is 0 Å². The van der Waals surface area contributed by atoms with Gasteiger partial charge in [0.1, 0.15) is 0 Å². The van der Waals surface area contributed by atoms with Gasteiger partial charge in [-0.05, 0) is 24.9 Å². The Balaban J connectivity index is 1.90. The Morgan fingerprint density at radius 2 is 2.60 bits per heavy atom. The van der Waals surface area contributed by atoms with E-state index in [2.05, 4.69) is 34.8 Å². The van der Waals surface area contributed by atoms with Crippen LogP contribution in [0.5, 0.6) is 0 Å². The van der Waals surface area contributed by atoms with Crippen LogP contribution in [0.25, 0.3) is 0 Å². The molecule has 0 saturated carbocycles. The van der Waals surface area contributed by atoms with Crippen molar-refractivity contribution in [3.8, 4) is 0 Å². The van der Waals surface area contributed by atoms with E-state index < -0.39 is 0 Å². The molecule has 4 heteroatoms. The molecule has 0 aromatic carbocycles. The lowest BCUT2D eigenvalue weighted by Crippen LogP contribution is -2.50. The molecule has 3 nitrogen and oxygen atoms in total. The van der Waals surface area contributed by atoms with Crippen LogP contribution < -0.4 is 11.1 Å². The minimum Gasteiger partial charge on any atom is -0.323 e. The summed E-state index contributed by atoms with van der Waals surface area (Å²) in [7, 11) is 2.19. The summed E-state index contributed by atoms with van der Waals surface area (Å²) in [5.74, 6) is 0. The first-order valence-corrected chi connectivity index (χ1v) is 6.35. The normalized spacial score (nSPS) is 25.3. The van der Waals surface area contributed by atoms with E-state index >= 15 is 0 Å². The van der Waals surface area contributed by atoms with Crippen molar-refractivity contribution in [2.24, 2.45) is 5.73 Å². The number of nitrogens with zero attached hydrogens (tertiary/aromatic N) is 1. The maximum absolute atomic E-state index is 6.19. The standard InChI is InChI=1S/C11H19N3S/c1-14-5-4-13-8-9(14)7-10(12)11-3-2-6-15-11/h2-3,6,9-10,13H,4-5,7-8,12H2,1H3. The number of hydrogen-bond donors (Lipinski definition) is 2. The van der Waals surface area contributed by atoms with Crippen molar-refractivity contribution < 1.29 is 0 Å². The lowest BCUT2D eigenvalue weighted by molar-refractivity contribution is 0.183. The predicted octanol–water partition coefficient (Wildman–Crippen LogP) is 1.04. The summed E-state index contributed by atoms with van der Waals surface area (Å²) in [4.78, 5) is 3.71. The molecule has 0 amide bonds. The van der Waals surface area contributed by atoms with Crippen LogP contribution in [0.2, 0.25) is 0 Å². The minimum atomic E-state index is 0.192. The summed E-state index contributed by atoms with van der Waals surface area (Å²) < 4.78 is 0. The first kappa shape index (κ1) is 11.1. The highest BCUT2D eigenvalue weighted by Gasteiger charge is 2.21. The third kappa shape index (κ3) is 2.78. The highest BCUT2D eigenvalue weighted by Crippen LogP contribution is 2.22. The lowest BCUT2D eigenvalue weighted by Gasteiger charge is -2.34. The van der Waals surface area contributed by atoms with Crippen LogP contribution in [0.15, 0.2) is 17.5 Å². The van der Waals surface area contributed by atoms with E-state index in [-0.39, 0.29) is 6.04 Å². The maximum Gasteiger partial charge on any atom is 0.0405 e. The second-order valence-corrected chi connectivity index (χ2v) is 5.18. The van der Waals surface area contributed by atoms with Crippen molar-refractivity contribution in [2.45, 2.75) is 18.5 Å². The fourth-order valence-electron chi connectivity index (χ4n) is 2.04. The van der Waals surface area contributed by atoms with Gasteiger partial charge in [0.25, 0.3) is 0 Å². The second-order valence-electron chi connectivity index (χ2n) is 4.20. The van der Waals surface area contributed by atoms with Crippen LogP contribution in [0.1, 0.15) is 17.3 Å². The van der Waals surface area contributed by atoms with Crippen molar-refractivity contribution in [1.82, 2.24) is 10.2 Å². The van der Waals surface area contributed by atoms with Gasteiger partial charge in [-0.15, -0.1) is 11.3 Å². The van der Waals surface area contributed by atoms with Crippen LogP contribution in [-0.4, -0.2) is 37.6 Å². The van der Waals surface area contributed by atoms with E-state index in [1.807, 2.05) is 0 Å². The van der Waals surface area contributed by atoms with Crippen LogP contribution in [0.3, 0.4) is 0 Å². The Morgan fingerprint density at radius 1 is 1.73 bits per heavy atom. The number of hydrogen-bond acceptors (Lipinski definition) is 4. The third-order valence-corrected chi connectivity index (χ3v) is 4.08. The van der Waals surface area contributed by atoms with Crippen molar-refractivity contribution >= 4 is 11.3 Å². The van der Waals surface area contributed by atoms with E-state index in [4.69, 9.17) is 5.73 Å². The van der Waals surface area contributed by atoms with Gasteiger partial charge in [0.15, 0.2) is 0 Å². The number of piperazine rings is 1. The molecule has 1 aromatic heterocycles. The fraction of sp³-hybridized carbons (Fsp3) is 0.636. The molecule has 1 fully saturated rings. The summed E-state index contributed by atoms with van der Waals surface area (Å²) >= 11 is 1.76. The highest BCUT2D eigenvalue weighted by atomic mass is 32.1. The molecule has 0 spiro atoms. The van der Waals surface area contributed by atoms with Crippen molar-refractivity contribution in [2.75, 3.05) is 26.7 Å². The summed E-state index contributed by atoms with van der Waals surface area (Å²) in [6, 6.07) is 4.97. The summed E-state index contributed by atoms with van der Waals surface area (Å²) in [6.45, 7) is 3.29. The van der Waals surface area contributed by atoms with Crippen molar-refractivity contribution in [1.29, 1.82) is 0 Å².